The number of hydrogen-bond donors (Lipinski definition) is 2. The van der Waals surface area contributed by atoms with Gasteiger partial charge in [0.05, 0.1) is 13.3 Å². The Bertz CT molecular complexity index is 333. The van der Waals surface area contributed by atoms with Gasteiger partial charge >= 0.3 is 0 Å². The summed E-state index contributed by atoms with van der Waals surface area (Å²) in [5.41, 5.74) is 3.43. The molecule has 0 aliphatic heterocycles. The fourth-order valence-corrected chi connectivity index (χ4v) is 1.44. The molecule has 1 aromatic rings. The Hall–Kier alpha value is -1.17. The molecule has 0 amide bonds. The summed E-state index contributed by atoms with van der Waals surface area (Å²) in [6, 6.07) is 4.98. The van der Waals surface area contributed by atoms with E-state index in [1.807, 2.05) is 24.9 Å². The van der Waals surface area contributed by atoms with E-state index in [2.05, 4.69) is 5.43 Å². The van der Waals surface area contributed by atoms with Crippen molar-refractivity contribution >= 4 is 0 Å². The molecular weight excluding hydrogens is 209 g/mol. The van der Waals surface area contributed by atoms with Crippen molar-refractivity contribution in [2.24, 2.45) is 5.84 Å². The van der Waals surface area contributed by atoms with E-state index in [1.165, 1.54) is 6.07 Å². The first-order valence-electron chi connectivity index (χ1n) is 5.20. The van der Waals surface area contributed by atoms with Gasteiger partial charge in [-0.2, -0.15) is 0 Å². The average molecular weight is 227 g/mol. The van der Waals surface area contributed by atoms with E-state index in [4.69, 9.17) is 10.6 Å². The quantitative estimate of drug-likeness (QED) is 0.434. The second-order valence-electron chi connectivity index (χ2n) is 3.57. The van der Waals surface area contributed by atoms with Gasteiger partial charge in [0.15, 0.2) is 11.6 Å². The fraction of sp³-hybridized carbons (Fsp3) is 0.455. The van der Waals surface area contributed by atoms with Gasteiger partial charge in [-0.15, -0.1) is 0 Å². The van der Waals surface area contributed by atoms with Crippen LogP contribution in [0.15, 0.2) is 18.2 Å². The third-order valence-corrected chi connectivity index (χ3v) is 2.11. The molecule has 0 bridgehead atoms. The molecule has 0 radical (unpaired) electrons. The first-order chi connectivity index (χ1) is 7.67. The lowest BCUT2D eigenvalue weighted by atomic mass is 10.2. The monoisotopic (exact) mass is 227 g/mol. The number of nitrogens with two attached hydrogens (primary N) is 1. The molecule has 90 valence electrons. The number of hydrazine groups is 1. The molecule has 1 aromatic carbocycles. The summed E-state index contributed by atoms with van der Waals surface area (Å²) < 4.78 is 18.6. The molecule has 0 saturated carbocycles. The lowest BCUT2D eigenvalue weighted by molar-refractivity contribution is 0.299. The molecule has 4 nitrogen and oxygen atoms in total. The zero-order chi connectivity index (χ0) is 12.0. The summed E-state index contributed by atoms with van der Waals surface area (Å²) in [6.07, 6.45) is 0. The third kappa shape index (κ3) is 3.77. The summed E-state index contributed by atoms with van der Waals surface area (Å²) >= 11 is 0. The van der Waals surface area contributed by atoms with E-state index >= 15 is 0 Å². The predicted octanol–water partition coefficient (Wildman–Crippen LogP) is 1.08. The molecule has 0 fully saturated rings. The van der Waals surface area contributed by atoms with Gasteiger partial charge in [-0.3, -0.25) is 10.7 Å². The number of benzene rings is 1. The maximum Gasteiger partial charge on any atom is 0.165 e. The van der Waals surface area contributed by atoms with Crippen LogP contribution in [0.4, 0.5) is 4.39 Å². The molecular formula is C11H18FN3O. The van der Waals surface area contributed by atoms with Crippen LogP contribution in [0.25, 0.3) is 0 Å². The highest BCUT2D eigenvalue weighted by atomic mass is 19.1. The molecule has 0 unspecified atom stereocenters. The molecule has 16 heavy (non-hydrogen) atoms. The van der Waals surface area contributed by atoms with Crippen molar-refractivity contribution in [3.8, 4) is 5.75 Å². The van der Waals surface area contributed by atoms with Crippen LogP contribution in [0, 0.1) is 5.82 Å². The number of ether oxygens (including phenoxy) is 1. The Morgan fingerprint density at radius 3 is 2.81 bits per heavy atom. The minimum absolute atomic E-state index is 0.297. The van der Waals surface area contributed by atoms with Crippen LogP contribution in [-0.4, -0.2) is 25.2 Å². The van der Waals surface area contributed by atoms with Crippen molar-refractivity contribution in [3.63, 3.8) is 0 Å². The normalized spacial score (nSPS) is 10.8. The summed E-state index contributed by atoms with van der Waals surface area (Å²) in [4.78, 5) is 1.94. The zero-order valence-corrected chi connectivity index (χ0v) is 9.66. The summed E-state index contributed by atoms with van der Waals surface area (Å²) in [6.45, 7) is 3.48. The Balaban J connectivity index is 2.65. The highest BCUT2D eigenvalue weighted by molar-refractivity contribution is 5.29. The molecule has 0 aromatic heterocycles. The zero-order valence-electron chi connectivity index (χ0n) is 9.66. The van der Waals surface area contributed by atoms with E-state index in [1.54, 1.807) is 6.07 Å². The number of nitrogens with one attached hydrogen (secondary N) is 1. The SMILES string of the molecule is CCOc1ccc(CN(C)CNN)cc1F. The Morgan fingerprint density at radius 2 is 2.25 bits per heavy atom. The van der Waals surface area contributed by atoms with Gasteiger partial charge in [0.25, 0.3) is 0 Å². The van der Waals surface area contributed by atoms with Crippen LogP contribution in [-0.2, 0) is 6.54 Å². The van der Waals surface area contributed by atoms with Crippen molar-refractivity contribution in [1.82, 2.24) is 10.3 Å². The van der Waals surface area contributed by atoms with Gasteiger partial charge < -0.3 is 4.74 Å². The molecule has 0 aliphatic carbocycles. The van der Waals surface area contributed by atoms with Crippen molar-refractivity contribution < 1.29 is 9.13 Å². The lowest BCUT2D eigenvalue weighted by Crippen LogP contribution is -2.35. The summed E-state index contributed by atoms with van der Waals surface area (Å²) in [7, 11) is 1.90. The van der Waals surface area contributed by atoms with Crippen molar-refractivity contribution in [3.05, 3.63) is 29.6 Å². The van der Waals surface area contributed by atoms with E-state index in [-0.39, 0.29) is 5.82 Å². The molecule has 5 heteroatoms. The Kier molecular flexibility index (Phi) is 5.18. The minimum atomic E-state index is -0.326. The van der Waals surface area contributed by atoms with Crippen molar-refractivity contribution in [2.75, 3.05) is 20.3 Å². The topological polar surface area (TPSA) is 50.5 Å². The van der Waals surface area contributed by atoms with Crippen molar-refractivity contribution in [1.29, 1.82) is 0 Å². The Morgan fingerprint density at radius 1 is 1.50 bits per heavy atom. The van der Waals surface area contributed by atoms with E-state index in [0.29, 0.717) is 25.6 Å². The van der Waals surface area contributed by atoms with Gasteiger partial charge in [0.2, 0.25) is 0 Å². The number of nitrogens with zero attached hydrogens (tertiary/aromatic N) is 1. The van der Waals surface area contributed by atoms with Gasteiger partial charge in [-0.05, 0) is 31.7 Å². The van der Waals surface area contributed by atoms with Gasteiger partial charge in [0, 0.05) is 6.54 Å². The maximum atomic E-state index is 13.5. The maximum absolute atomic E-state index is 13.5. The van der Waals surface area contributed by atoms with E-state index < -0.39 is 0 Å². The van der Waals surface area contributed by atoms with Crippen LogP contribution in [0.2, 0.25) is 0 Å². The van der Waals surface area contributed by atoms with Crippen LogP contribution in [0.1, 0.15) is 12.5 Å². The van der Waals surface area contributed by atoms with Crippen molar-refractivity contribution in [2.45, 2.75) is 13.5 Å². The summed E-state index contributed by atoms with van der Waals surface area (Å²) in [5, 5.41) is 0. The minimum Gasteiger partial charge on any atom is -0.491 e. The number of halogens is 1. The van der Waals surface area contributed by atoms with Gasteiger partial charge in [0.1, 0.15) is 0 Å². The van der Waals surface area contributed by atoms with Gasteiger partial charge in [-0.25, -0.2) is 9.82 Å². The molecule has 3 N–H and O–H groups in total. The first-order valence-corrected chi connectivity index (χ1v) is 5.20. The predicted molar refractivity (Wildman–Crippen MR) is 61.2 cm³/mol. The van der Waals surface area contributed by atoms with Gasteiger partial charge in [-0.1, -0.05) is 6.07 Å². The highest BCUT2D eigenvalue weighted by Crippen LogP contribution is 2.18. The van der Waals surface area contributed by atoms with Crippen LogP contribution < -0.4 is 16.0 Å². The molecule has 0 atom stereocenters. The van der Waals surface area contributed by atoms with Crippen LogP contribution >= 0.6 is 0 Å². The molecule has 0 spiro atoms. The average Bonchev–Trinajstić information content (AvgIpc) is 2.22. The van der Waals surface area contributed by atoms with E-state index in [0.717, 1.165) is 5.56 Å². The van der Waals surface area contributed by atoms with Crippen LogP contribution in [0.3, 0.4) is 0 Å². The van der Waals surface area contributed by atoms with Crippen LogP contribution in [0.5, 0.6) is 5.75 Å². The Labute approximate surface area is 95.2 Å². The third-order valence-electron chi connectivity index (χ3n) is 2.11. The second kappa shape index (κ2) is 6.42. The summed E-state index contributed by atoms with van der Waals surface area (Å²) in [5.74, 6) is 5.16. The smallest absolute Gasteiger partial charge is 0.165 e. The lowest BCUT2D eigenvalue weighted by Gasteiger charge is -2.16. The molecule has 0 heterocycles. The number of rotatable bonds is 6. The largest absolute Gasteiger partial charge is 0.491 e. The fourth-order valence-electron chi connectivity index (χ4n) is 1.44. The van der Waals surface area contributed by atoms with E-state index in [9.17, 15) is 4.39 Å². The molecule has 1 rings (SSSR count). The molecule has 0 aliphatic rings. The second-order valence-corrected chi connectivity index (χ2v) is 3.57. The number of hydrogen-bond acceptors (Lipinski definition) is 4. The standard InChI is InChI=1S/C11H18FN3O/c1-3-16-11-5-4-9(6-10(11)12)7-15(2)8-14-13/h4-6,14H,3,7-8,13H2,1-2H3. The highest BCUT2D eigenvalue weighted by Gasteiger charge is 2.05. The first kappa shape index (κ1) is 12.9. The molecule has 0 saturated heterocycles.